The molecule has 0 radical (unpaired) electrons. The van der Waals surface area contributed by atoms with Crippen molar-refractivity contribution >= 4 is 11.7 Å². The van der Waals surface area contributed by atoms with Crippen LogP contribution in [-0.2, 0) is 6.54 Å². The van der Waals surface area contributed by atoms with Crippen molar-refractivity contribution in [3.05, 3.63) is 48.0 Å². The molecule has 0 bridgehead atoms. The summed E-state index contributed by atoms with van der Waals surface area (Å²) in [4.78, 5) is 20.0. The van der Waals surface area contributed by atoms with Crippen molar-refractivity contribution in [1.82, 2.24) is 19.8 Å². The van der Waals surface area contributed by atoms with Gasteiger partial charge in [0.15, 0.2) is 0 Å². The number of benzene rings is 1. The zero-order chi connectivity index (χ0) is 17.8. The lowest BCUT2D eigenvalue weighted by Gasteiger charge is -2.36. The smallest absolute Gasteiger partial charge is 0.319 e. The highest BCUT2D eigenvalue weighted by Crippen LogP contribution is 2.18. The van der Waals surface area contributed by atoms with Crippen LogP contribution < -0.4 is 10.2 Å². The Balaban J connectivity index is 1.51. The highest BCUT2D eigenvalue weighted by Gasteiger charge is 2.22. The Morgan fingerprint density at radius 1 is 1.28 bits per heavy atom. The number of aromatic nitrogens is 2. The second kappa shape index (κ2) is 7.50. The summed E-state index contributed by atoms with van der Waals surface area (Å²) in [5.74, 6) is 0.141. The van der Waals surface area contributed by atoms with Gasteiger partial charge in [0.1, 0.15) is 5.82 Å². The molecule has 1 saturated heterocycles. The third-order valence-electron chi connectivity index (χ3n) is 4.29. The van der Waals surface area contributed by atoms with E-state index >= 15 is 0 Å². The molecule has 1 aromatic carbocycles. The largest absolute Gasteiger partial charge is 0.368 e. The van der Waals surface area contributed by atoms with E-state index in [0.717, 1.165) is 23.3 Å². The average Bonchev–Trinajstić information content (AvgIpc) is 3.09. The number of urea groups is 1. The molecule has 2 aromatic rings. The molecule has 3 rings (SSSR count). The molecule has 1 aliphatic heterocycles. The van der Waals surface area contributed by atoms with Crippen LogP contribution in [0, 0.1) is 6.92 Å². The molecule has 0 saturated carbocycles. The number of anilines is 1. The van der Waals surface area contributed by atoms with E-state index in [1.165, 1.54) is 18.0 Å². The van der Waals surface area contributed by atoms with Gasteiger partial charge in [0.25, 0.3) is 0 Å². The lowest BCUT2D eigenvalue weighted by Crippen LogP contribution is -2.51. The summed E-state index contributed by atoms with van der Waals surface area (Å²) < 4.78 is 26.3. The Morgan fingerprint density at radius 3 is 2.72 bits per heavy atom. The number of nitrogens with zero attached hydrogens (tertiary/aromatic N) is 4. The number of alkyl halides is 2. The summed E-state index contributed by atoms with van der Waals surface area (Å²) in [5.41, 5.74) is 2.35. The first-order valence-electron chi connectivity index (χ1n) is 8.19. The van der Waals surface area contributed by atoms with Crippen LogP contribution in [0.15, 0.2) is 36.7 Å². The molecule has 134 valence electrons. The first-order valence-corrected chi connectivity index (χ1v) is 8.19. The van der Waals surface area contributed by atoms with Gasteiger partial charge in [-0.2, -0.15) is 8.78 Å². The van der Waals surface area contributed by atoms with E-state index in [-0.39, 0.29) is 18.4 Å². The zero-order valence-electron chi connectivity index (χ0n) is 14.0. The van der Waals surface area contributed by atoms with Crippen molar-refractivity contribution in [3.8, 4) is 0 Å². The molecule has 1 N–H and O–H groups in total. The highest BCUT2D eigenvalue weighted by molar-refractivity contribution is 5.74. The zero-order valence-corrected chi connectivity index (χ0v) is 14.0. The molecule has 1 aromatic heterocycles. The summed E-state index contributed by atoms with van der Waals surface area (Å²) in [7, 11) is 0. The SMILES string of the molecule is Cc1cccc(N2CCN(C(=O)NCc3nccn3C(F)F)CC2)c1. The number of hydrogen-bond donors (Lipinski definition) is 1. The lowest BCUT2D eigenvalue weighted by atomic mass is 10.2. The van der Waals surface area contributed by atoms with Crippen LogP contribution in [0.25, 0.3) is 0 Å². The summed E-state index contributed by atoms with van der Waals surface area (Å²) in [6.45, 7) is 2.02. The van der Waals surface area contributed by atoms with E-state index in [1.54, 1.807) is 4.90 Å². The molecule has 0 unspecified atom stereocenters. The highest BCUT2D eigenvalue weighted by atomic mass is 19.3. The minimum absolute atomic E-state index is 0.0196. The fourth-order valence-corrected chi connectivity index (χ4v) is 2.92. The van der Waals surface area contributed by atoms with Crippen molar-refractivity contribution in [2.24, 2.45) is 0 Å². The van der Waals surface area contributed by atoms with E-state index in [9.17, 15) is 13.6 Å². The van der Waals surface area contributed by atoms with Crippen molar-refractivity contribution in [3.63, 3.8) is 0 Å². The van der Waals surface area contributed by atoms with Gasteiger partial charge in [0.05, 0.1) is 6.54 Å². The summed E-state index contributed by atoms with van der Waals surface area (Å²) >= 11 is 0. The first-order chi connectivity index (χ1) is 12.0. The number of halogens is 2. The summed E-state index contributed by atoms with van der Waals surface area (Å²) in [6.07, 6.45) is 2.50. The van der Waals surface area contributed by atoms with Crippen molar-refractivity contribution in [1.29, 1.82) is 0 Å². The van der Waals surface area contributed by atoms with Crippen LogP contribution in [-0.4, -0.2) is 46.7 Å². The maximum Gasteiger partial charge on any atom is 0.319 e. The summed E-state index contributed by atoms with van der Waals surface area (Å²) in [5, 5.41) is 2.67. The molecule has 25 heavy (non-hydrogen) atoms. The summed E-state index contributed by atoms with van der Waals surface area (Å²) in [6, 6.07) is 8.01. The predicted molar refractivity (Wildman–Crippen MR) is 90.7 cm³/mol. The molecule has 0 atom stereocenters. The van der Waals surface area contributed by atoms with Crippen LogP contribution in [0.1, 0.15) is 17.9 Å². The van der Waals surface area contributed by atoms with Crippen LogP contribution in [0.5, 0.6) is 0 Å². The normalized spacial score (nSPS) is 14.9. The second-order valence-electron chi connectivity index (χ2n) is 6.00. The van der Waals surface area contributed by atoms with Gasteiger partial charge in [-0.3, -0.25) is 4.57 Å². The molecule has 2 amide bonds. The Morgan fingerprint density at radius 2 is 2.04 bits per heavy atom. The number of piperazine rings is 1. The Bertz CT molecular complexity index is 725. The van der Waals surface area contributed by atoms with E-state index in [4.69, 9.17) is 0 Å². The van der Waals surface area contributed by atoms with Crippen LogP contribution in [0.4, 0.5) is 19.3 Å². The second-order valence-corrected chi connectivity index (χ2v) is 6.00. The molecular weight excluding hydrogens is 328 g/mol. The molecule has 2 heterocycles. The van der Waals surface area contributed by atoms with E-state index < -0.39 is 6.55 Å². The third-order valence-corrected chi connectivity index (χ3v) is 4.29. The minimum Gasteiger partial charge on any atom is -0.368 e. The quantitative estimate of drug-likeness (QED) is 0.923. The Hall–Kier alpha value is -2.64. The predicted octanol–water partition coefficient (Wildman–Crippen LogP) is 2.62. The van der Waals surface area contributed by atoms with E-state index in [2.05, 4.69) is 40.3 Å². The number of nitrogens with one attached hydrogen (secondary N) is 1. The van der Waals surface area contributed by atoms with Crippen LogP contribution in [0.3, 0.4) is 0 Å². The Kier molecular flexibility index (Phi) is 5.16. The van der Waals surface area contributed by atoms with E-state index in [1.807, 2.05) is 6.07 Å². The van der Waals surface area contributed by atoms with Crippen molar-refractivity contribution in [2.45, 2.75) is 20.0 Å². The first kappa shape index (κ1) is 17.2. The van der Waals surface area contributed by atoms with Gasteiger partial charge in [-0.05, 0) is 24.6 Å². The number of carbonyl (C=O) groups excluding carboxylic acids is 1. The Labute approximate surface area is 145 Å². The number of imidazole rings is 1. The maximum atomic E-state index is 12.8. The van der Waals surface area contributed by atoms with Crippen LogP contribution in [0.2, 0.25) is 0 Å². The van der Waals surface area contributed by atoms with Crippen molar-refractivity contribution in [2.75, 3.05) is 31.1 Å². The van der Waals surface area contributed by atoms with Gasteiger partial charge < -0.3 is 15.1 Å². The van der Waals surface area contributed by atoms with Gasteiger partial charge in [0.2, 0.25) is 0 Å². The molecule has 8 heteroatoms. The van der Waals surface area contributed by atoms with Gasteiger partial charge in [-0.15, -0.1) is 0 Å². The number of aryl methyl sites for hydroxylation is 1. The average molecular weight is 349 g/mol. The van der Waals surface area contributed by atoms with Crippen molar-refractivity contribution < 1.29 is 13.6 Å². The monoisotopic (exact) mass is 349 g/mol. The van der Waals surface area contributed by atoms with E-state index in [0.29, 0.717) is 13.1 Å². The number of carbonyl (C=O) groups is 1. The number of rotatable bonds is 4. The number of hydrogen-bond acceptors (Lipinski definition) is 3. The molecule has 0 aliphatic carbocycles. The fourth-order valence-electron chi connectivity index (χ4n) is 2.92. The van der Waals surface area contributed by atoms with Crippen LogP contribution >= 0.6 is 0 Å². The topological polar surface area (TPSA) is 53.4 Å². The van der Waals surface area contributed by atoms with Gasteiger partial charge >= 0.3 is 12.6 Å². The maximum absolute atomic E-state index is 12.8. The molecule has 6 nitrogen and oxygen atoms in total. The van der Waals surface area contributed by atoms with Gasteiger partial charge in [-0.25, -0.2) is 9.78 Å². The molecule has 0 spiro atoms. The third kappa shape index (κ3) is 4.07. The molecular formula is C17H21F2N5O. The molecule has 1 fully saturated rings. The standard InChI is InChI=1S/C17H21F2N5O/c1-13-3-2-4-14(11-13)22-7-9-23(10-8-22)17(25)21-12-15-20-5-6-24(15)16(18)19/h2-6,11,16H,7-10,12H2,1H3,(H,21,25). The fraction of sp³-hybridized carbons (Fsp3) is 0.412. The molecule has 1 aliphatic rings. The number of amides is 2. The van der Waals surface area contributed by atoms with Gasteiger partial charge in [0, 0.05) is 44.3 Å². The lowest BCUT2D eigenvalue weighted by molar-refractivity contribution is 0.0666. The minimum atomic E-state index is -2.66. The van der Waals surface area contributed by atoms with Gasteiger partial charge in [-0.1, -0.05) is 12.1 Å².